The van der Waals surface area contributed by atoms with Crippen molar-refractivity contribution in [3.63, 3.8) is 0 Å². The molecule has 0 spiro atoms. The Labute approximate surface area is 97.9 Å². The summed E-state index contributed by atoms with van der Waals surface area (Å²) in [5.74, 6) is 0.0477. The maximum absolute atomic E-state index is 13.7. The summed E-state index contributed by atoms with van der Waals surface area (Å²) in [6, 6.07) is 7.75. The van der Waals surface area contributed by atoms with Crippen LogP contribution in [0.3, 0.4) is 0 Å². The number of halogens is 1. The van der Waals surface area contributed by atoms with Gasteiger partial charge in [-0.3, -0.25) is 9.78 Å². The lowest BCUT2D eigenvalue weighted by atomic mass is 10.1. The molecule has 0 atom stereocenters. The van der Waals surface area contributed by atoms with Gasteiger partial charge >= 0.3 is 0 Å². The predicted molar refractivity (Wildman–Crippen MR) is 61.6 cm³/mol. The summed E-state index contributed by atoms with van der Waals surface area (Å²) in [4.78, 5) is 14.5. The van der Waals surface area contributed by atoms with E-state index in [9.17, 15) is 9.18 Å². The second-order valence-corrected chi connectivity index (χ2v) is 3.44. The standard InChI is InChI=1S/C13H10FNO2/c1-17-10-3-4-11(12(14)6-10)13-5-2-9(8-16)7-15-13/h2-8H,1H3. The van der Waals surface area contributed by atoms with E-state index in [1.807, 2.05) is 0 Å². The zero-order chi connectivity index (χ0) is 12.3. The lowest BCUT2D eigenvalue weighted by molar-refractivity contribution is 0.112. The van der Waals surface area contributed by atoms with Gasteiger partial charge in [0, 0.05) is 23.4 Å². The van der Waals surface area contributed by atoms with Crippen LogP contribution >= 0.6 is 0 Å². The van der Waals surface area contributed by atoms with Gasteiger partial charge in [-0.25, -0.2) is 4.39 Å². The number of nitrogens with zero attached hydrogens (tertiary/aromatic N) is 1. The van der Waals surface area contributed by atoms with Crippen molar-refractivity contribution in [3.8, 4) is 17.0 Å². The number of rotatable bonds is 3. The van der Waals surface area contributed by atoms with Gasteiger partial charge in [0.25, 0.3) is 0 Å². The molecule has 17 heavy (non-hydrogen) atoms. The third-order valence-electron chi connectivity index (χ3n) is 2.37. The van der Waals surface area contributed by atoms with E-state index in [-0.39, 0.29) is 0 Å². The molecule has 0 aliphatic heterocycles. The first kappa shape index (κ1) is 11.3. The first-order valence-electron chi connectivity index (χ1n) is 4.99. The van der Waals surface area contributed by atoms with E-state index in [0.717, 1.165) is 0 Å². The van der Waals surface area contributed by atoms with E-state index in [2.05, 4.69) is 4.98 Å². The van der Waals surface area contributed by atoms with Crippen LogP contribution in [-0.4, -0.2) is 18.4 Å². The highest BCUT2D eigenvalue weighted by Crippen LogP contribution is 2.24. The Hall–Kier alpha value is -2.23. The third-order valence-corrected chi connectivity index (χ3v) is 2.37. The van der Waals surface area contributed by atoms with E-state index in [0.29, 0.717) is 28.9 Å². The highest BCUT2D eigenvalue weighted by Gasteiger charge is 2.07. The quantitative estimate of drug-likeness (QED) is 0.762. The number of hydrogen-bond acceptors (Lipinski definition) is 3. The molecule has 1 heterocycles. The second kappa shape index (κ2) is 4.74. The van der Waals surface area contributed by atoms with Crippen LogP contribution in [0.15, 0.2) is 36.5 Å². The predicted octanol–water partition coefficient (Wildman–Crippen LogP) is 2.71. The van der Waals surface area contributed by atoms with Crippen molar-refractivity contribution in [2.24, 2.45) is 0 Å². The number of benzene rings is 1. The molecule has 0 aliphatic rings. The van der Waals surface area contributed by atoms with Crippen LogP contribution in [0.1, 0.15) is 10.4 Å². The molecule has 0 aliphatic carbocycles. The number of pyridine rings is 1. The largest absolute Gasteiger partial charge is 0.497 e. The molecule has 0 fully saturated rings. The number of methoxy groups -OCH3 is 1. The fourth-order valence-corrected chi connectivity index (χ4v) is 1.46. The molecule has 2 rings (SSSR count). The minimum atomic E-state index is -0.407. The van der Waals surface area contributed by atoms with Crippen molar-refractivity contribution in [3.05, 3.63) is 47.9 Å². The second-order valence-electron chi connectivity index (χ2n) is 3.44. The Balaban J connectivity index is 2.41. The summed E-state index contributed by atoms with van der Waals surface area (Å²) in [6.45, 7) is 0. The zero-order valence-corrected chi connectivity index (χ0v) is 9.18. The molecule has 0 bridgehead atoms. The Morgan fingerprint density at radius 1 is 1.29 bits per heavy atom. The van der Waals surface area contributed by atoms with E-state index < -0.39 is 5.82 Å². The van der Waals surface area contributed by atoms with Gasteiger partial charge in [-0.15, -0.1) is 0 Å². The minimum absolute atomic E-state index is 0.378. The van der Waals surface area contributed by atoms with Crippen LogP contribution < -0.4 is 4.74 Å². The van der Waals surface area contributed by atoms with Crippen molar-refractivity contribution in [2.75, 3.05) is 7.11 Å². The topological polar surface area (TPSA) is 39.2 Å². The van der Waals surface area contributed by atoms with Crippen LogP contribution in [0.2, 0.25) is 0 Å². The molecular weight excluding hydrogens is 221 g/mol. The van der Waals surface area contributed by atoms with Crippen molar-refractivity contribution in [1.29, 1.82) is 0 Å². The molecule has 0 N–H and O–H groups in total. The first-order valence-corrected chi connectivity index (χ1v) is 4.99. The van der Waals surface area contributed by atoms with Crippen LogP contribution in [0.4, 0.5) is 4.39 Å². The van der Waals surface area contributed by atoms with Gasteiger partial charge < -0.3 is 4.74 Å². The molecular formula is C13H10FNO2. The molecule has 86 valence electrons. The highest BCUT2D eigenvalue weighted by atomic mass is 19.1. The van der Waals surface area contributed by atoms with Crippen molar-refractivity contribution in [2.45, 2.75) is 0 Å². The maximum atomic E-state index is 13.7. The number of ether oxygens (including phenoxy) is 1. The van der Waals surface area contributed by atoms with E-state index in [4.69, 9.17) is 4.74 Å². The molecule has 0 unspecified atom stereocenters. The summed E-state index contributed by atoms with van der Waals surface area (Å²) in [5, 5.41) is 0. The van der Waals surface area contributed by atoms with E-state index in [1.165, 1.54) is 19.4 Å². The monoisotopic (exact) mass is 231 g/mol. The van der Waals surface area contributed by atoms with Gasteiger partial charge in [0.1, 0.15) is 11.6 Å². The van der Waals surface area contributed by atoms with Gasteiger partial charge in [0.05, 0.1) is 12.8 Å². The minimum Gasteiger partial charge on any atom is -0.497 e. The third kappa shape index (κ3) is 2.30. The summed E-state index contributed by atoms with van der Waals surface area (Å²) < 4.78 is 18.6. The van der Waals surface area contributed by atoms with Gasteiger partial charge in [-0.1, -0.05) is 0 Å². The summed E-state index contributed by atoms with van der Waals surface area (Å²) in [7, 11) is 1.48. The lowest BCUT2D eigenvalue weighted by Gasteiger charge is -2.05. The Kier molecular flexibility index (Phi) is 3.14. The molecule has 0 saturated heterocycles. The first-order chi connectivity index (χ1) is 8.24. The maximum Gasteiger partial charge on any atom is 0.151 e. The number of aldehydes is 1. The smallest absolute Gasteiger partial charge is 0.151 e. The van der Waals surface area contributed by atoms with Crippen molar-refractivity contribution >= 4 is 6.29 Å². The van der Waals surface area contributed by atoms with Crippen molar-refractivity contribution in [1.82, 2.24) is 4.98 Å². The zero-order valence-electron chi connectivity index (χ0n) is 9.18. The molecule has 0 radical (unpaired) electrons. The molecule has 0 amide bonds. The Bertz CT molecular complexity index is 538. The molecule has 1 aromatic heterocycles. The Morgan fingerprint density at radius 3 is 2.65 bits per heavy atom. The Morgan fingerprint density at radius 2 is 2.12 bits per heavy atom. The molecule has 1 aromatic carbocycles. The van der Waals surface area contributed by atoms with Crippen LogP contribution in [-0.2, 0) is 0 Å². The highest BCUT2D eigenvalue weighted by molar-refractivity contribution is 5.75. The molecule has 2 aromatic rings. The van der Waals surface area contributed by atoms with E-state index in [1.54, 1.807) is 24.3 Å². The van der Waals surface area contributed by atoms with Crippen molar-refractivity contribution < 1.29 is 13.9 Å². The fourth-order valence-electron chi connectivity index (χ4n) is 1.46. The van der Waals surface area contributed by atoms with Gasteiger partial charge in [0.2, 0.25) is 0 Å². The lowest BCUT2D eigenvalue weighted by Crippen LogP contribution is -1.91. The van der Waals surface area contributed by atoms with Gasteiger partial charge in [-0.2, -0.15) is 0 Å². The van der Waals surface area contributed by atoms with Gasteiger partial charge in [0.15, 0.2) is 6.29 Å². The average Bonchev–Trinajstić information content (AvgIpc) is 2.39. The number of carbonyl (C=O) groups is 1. The van der Waals surface area contributed by atoms with Crippen LogP contribution in [0.25, 0.3) is 11.3 Å². The molecule has 0 saturated carbocycles. The average molecular weight is 231 g/mol. The normalized spacial score (nSPS) is 10.0. The fraction of sp³-hybridized carbons (Fsp3) is 0.0769. The number of hydrogen-bond donors (Lipinski definition) is 0. The number of carbonyl (C=O) groups excluding carboxylic acids is 1. The summed E-state index contributed by atoms with van der Waals surface area (Å²) >= 11 is 0. The van der Waals surface area contributed by atoms with Gasteiger partial charge in [-0.05, 0) is 24.3 Å². The molecule has 4 heteroatoms. The summed E-state index contributed by atoms with van der Waals surface area (Å²) in [5.41, 5.74) is 1.32. The van der Waals surface area contributed by atoms with Crippen LogP contribution in [0, 0.1) is 5.82 Å². The molecule has 3 nitrogen and oxygen atoms in total. The number of aromatic nitrogens is 1. The van der Waals surface area contributed by atoms with Crippen LogP contribution in [0.5, 0.6) is 5.75 Å². The SMILES string of the molecule is COc1ccc(-c2ccc(C=O)cn2)c(F)c1. The summed E-state index contributed by atoms with van der Waals surface area (Å²) in [6.07, 6.45) is 2.10. The van der Waals surface area contributed by atoms with E-state index >= 15 is 0 Å².